The Balaban J connectivity index is 0.000000260. The van der Waals surface area contributed by atoms with Crippen LogP contribution >= 0.6 is 22.6 Å². The van der Waals surface area contributed by atoms with Gasteiger partial charge in [-0.3, -0.25) is 19.8 Å². The van der Waals surface area contributed by atoms with Crippen LogP contribution in [0.3, 0.4) is 0 Å². The molecule has 8 nitrogen and oxygen atoms in total. The SMILES string of the molecule is C.CCOC(=O)C(C(=O)OCC)c1ccc2[nH]ncc2c1.Ic1ccc2[nH]ncc2c1. The predicted octanol–water partition coefficient (Wildman–Crippen LogP) is 4.58. The molecule has 4 rings (SSSR count). The van der Waals surface area contributed by atoms with Crippen LogP contribution in [0.2, 0.25) is 0 Å². The third-order valence-corrected chi connectivity index (χ3v) is 4.92. The molecular weight excluding hydrogens is 511 g/mol. The first-order chi connectivity index (χ1) is 14.5. The Kier molecular flexibility index (Phi) is 8.98. The molecule has 2 heterocycles. The maximum Gasteiger partial charge on any atom is 0.324 e. The van der Waals surface area contributed by atoms with Crippen molar-refractivity contribution in [3.63, 3.8) is 0 Å². The zero-order chi connectivity index (χ0) is 21.5. The minimum Gasteiger partial charge on any atom is -0.465 e. The van der Waals surface area contributed by atoms with Crippen molar-refractivity contribution in [3.05, 3.63) is 57.9 Å². The molecule has 164 valence electrons. The van der Waals surface area contributed by atoms with Crippen LogP contribution in [0.15, 0.2) is 48.8 Å². The van der Waals surface area contributed by atoms with E-state index < -0.39 is 17.9 Å². The van der Waals surface area contributed by atoms with Gasteiger partial charge in [0.2, 0.25) is 0 Å². The lowest BCUT2D eigenvalue weighted by Crippen LogP contribution is -2.26. The number of hydrogen-bond donors (Lipinski definition) is 2. The van der Waals surface area contributed by atoms with E-state index in [0.717, 1.165) is 16.4 Å². The first-order valence-corrected chi connectivity index (χ1v) is 10.5. The topological polar surface area (TPSA) is 110 Å². The van der Waals surface area contributed by atoms with Gasteiger partial charge < -0.3 is 9.47 Å². The van der Waals surface area contributed by atoms with Crippen LogP contribution in [0, 0.1) is 3.57 Å². The molecule has 0 amide bonds. The van der Waals surface area contributed by atoms with E-state index in [1.165, 1.54) is 8.96 Å². The number of esters is 2. The second-order valence-corrected chi connectivity index (χ2v) is 7.50. The van der Waals surface area contributed by atoms with Crippen molar-refractivity contribution in [3.8, 4) is 0 Å². The molecule has 0 spiro atoms. The Bertz CT molecular complexity index is 1140. The highest BCUT2D eigenvalue weighted by molar-refractivity contribution is 14.1. The molecule has 0 saturated heterocycles. The van der Waals surface area contributed by atoms with Crippen molar-refractivity contribution >= 4 is 56.3 Å². The molecule has 2 aromatic carbocycles. The van der Waals surface area contributed by atoms with Gasteiger partial charge in [0.15, 0.2) is 5.92 Å². The summed E-state index contributed by atoms with van der Waals surface area (Å²) in [6.45, 7) is 3.81. The summed E-state index contributed by atoms with van der Waals surface area (Å²) in [6, 6.07) is 11.4. The summed E-state index contributed by atoms with van der Waals surface area (Å²) in [6.07, 6.45) is 3.46. The molecule has 0 aliphatic carbocycles. The Morgan fingerprint density at radius 3 is 1.97 bits per heavy atom. The van der Waals surface area contributed by atoms with E-state index >= 15 is 0 Å². The summed E-state index contributed by atoms with van der Waals surface area (Å²) >= 11 is 2.28. The number of nitrogens with zero attached hydrogens (tertiary/aromatic N) is 2. The average Bonchev–Trinajstić information content (AvgIpc) is 3.37. The average molecular weight is 536 g/mol. The van der Waals surface area contributed by atoms with Crippen LogP contribution in [-0.4, -0.2) is 45.5 Å². The van der Waals surface area contributed by atoms with Crippen LogP contribution in [0.1, 0.15) is 32.8 Å². The predicted molar refractivity (Wildman–Crippen MR) is 128 cm³/mol. The lowest BCUT2D eigenvalue weighted by atomic mass is 9.98. The number of aromatic amines is 2. The van der Waals surface area contributed by atoms with Crippen LogP contribution < -0.4 is 0 Å². The van der Waals surface area contributed by atoms with E-state index in [1.54, 1.807) is 38.2 Å². The van der Waals surface area contributed by atoms with E-state index in [4.69, 9.17) is 9.47 Å². The molecule has 0 aliphatic heterocycles. The van der Waals surface area contributed by atoms with Crippen LogP contribution in [0.4, 0.5) is 0 Å². The quantitative estimate of drug-likeness (QED) is 0.220. The highest BCUT2D eigenvalue weighted by atomic mass is 127. The summed E-state index contributed by atoms with van der Waals surface area (Å²) in [5.41, 5.74) is 2.47. The number of carbonyl (C=O) groups is 2. The number of nitrogens with one attached hydrogen (secondary N) is 2. The van der Waals surface area contributed by atoms with Crippen molar-refractivity contribution in [1.29, 1.82) is 0 Å². The van der Waals surface area contributed by atoms with Gasteiger partial charge in [-0.1, -0.05) is 13.5 Å². The second kappa shape index (κ2) is 11.4. The largest absolute Gasteiger partial charge is 0.465 e. The van der Waals surface area contributed by atoms with E-state index in [2.05, 4.69) is 55.1 Å². The molecule has 0 radical (unpaired) electrons. The normalized spacial score (nSPS) is 10.3. The fraction of sp³-hybridized carbons (Fsp3) is 0.273. The van der Waals surface area contributed by atoms with Crippen LogP contribution in [-0.2, 0) is 19.1 Å². The minimum absolute atomic E-state index is 0. The van der Waals surface area contributed by atoms with Crippen molar-refractivity contribution in [2.45, 2.75) is 27.2 Å². The number of fused-ring (bicyclic) bond motifs is 2. The van der Waals surface area contributed by atoms with Gasteiger partial charge in [0.25, 0.3) is 0 Å². The van der Waals surface area contributed by atoms with E-state index in [-0.39, 0.29) is 20.6 Å². The lowest BCUT2D eigenvalue weighted by molar-refractivity contribution is -0.156. The smallest absolute Gasteiger partial charge is 0.324 e. The molecular formula is C22H25IN4O4. The Morgan fingerprint density at radius 1 is 0.903 bits per heavy atom. The second-order valence-electron chi connectivity index (χ2n) is 6.26. The maximum absolute atomic E-state index is 12.0. The third-order valence-electron chi connectivity index (χ3n) is 4.24. The first kappa shape index (κ1) is 24.3. The van der Waals surface area contributed by atoms with Crippen molar-refractivity contribution < 1.29 is 19.1 Å². The standard InChI is InChI=1S/C14H16N2O4.C7H5IN2.CH4/c1-3-19-13(17)12(14(18)20-4-2)9-5-6-11-10(7-9)8-15-16-11;8-6-1-2-7-5(3-6)4-9-10-7;/h5-8,12H,3-4H2,1-2H3,(H,15,16);1-4H,(H,9,10);1H4. The van der Waals surface area contributed by atoms with Crippen molar-refractivity contribution in [2.24, 2.45) is 0 Å². The molecule has 0 bridgehead atoms. The highest BCUT2D eigenvalue weighted by Gasteiger charge is 2.31. The van der Waals surface area contributed by atoms with Gasteiger partial charge in [-0.2, -0.15) is 10.2 Å². The number of hydrogen-bond acceptors (Lipinski definition) is 6. The van der Waals surface area contributed by atoms with Gasteiger partial charge in [-0.05, 0) is 72.3 Å². The number of aromatic nitrogens is 4. The third kappa shape index (κ3) is 6.03. The van der Waals surface area contributed by atoms with Crippen LogP contribution in [0.25, 0.3) is 21.8 Å². The molecule has 0 aliphatic rings. The number of rotatable bonds is 5. The van der Waals surface area contributed by atoms with Gasteiger partial charge >= 0.3 is 11.9 Å². The van der Waals surface area contributed by atoms with E-state index in [9.17, 15) is 9.59 Å². The molecule has 2 N–H and O–H groups in total. The molecule has 0 atom stereocenters. The molecule has 2 aromatic heterocycles. The summed E-state index contributed by atoms with van der Waals surface area (Å²) in [5, 5.41) is 15.5. The van der Waals surface area contributed by atoms with Gasteiger partial charge in [-0.15, -0.1) is 0 Å². The number of H-pyrrole nitrogens is 2. The number of ether oxygens (including phenoxy) is 2. The first-order valence-electron chi connectivity index (χ1n) is 9.38. The zero-order valence-corrected chi connectivity index (χ0v) is 18.7. The Labute approximate surface area is 193 Å². The van der Waals surface area contributed by atoms with Gasteiger partial charge in [0.05, 0.1) is 36.6 Å². The molecule has 9 heteroatoms. The molecule has 0 fully saturated rings. The van der Waals surface area contributed by atoms with Gasteiger partial charge in [0, 0.05) is 14.3 Å². The van der Waals surface area contributed by atoms with E-state index in [0.29, 0.717) is 5.56 Å². The molecule has 0 unspecified atom stereocenters. The summed E-state index contributed by atoms with van der Waals surface area (Å²) in [4.78, 5) is 24.0. The van der Waals surface area contributed by atoms with Gasteiger partial charge in [0.1, 0.15) is 0 Å². The van der Waals surface area contributed by atoms with Crippen LogP contribution in [0.5, 0.6) is 0 Å². The van der Waals surface area contributed by atoms with Crippen molar-refractivity contribution in [1.82, 2.24) is 20.4 Å². The molecule has 4 aromatic rings. The summed E-state index contributed by atoms with van der Waals surface area (Å²) in [7, 11) is 0. The fourth-order valence-electron chi connectivity index (χ4n) is 2.87. The monoisotopic (exact) mass is 536 g/mol. The van der Waals surface area contributed by atoms with Crippen molar-refractivity contribution in [2.75, 3.05) is 13.2 Å². The number of benzene rings is 2. The summed E-state index contributed by atoms with van der Waals surface area (Å²) in [5.74, 6) is -2.27. The zero-order valence-electron chi connectivity index (χ0n) is 16.5. The Hall–Kier alpha value is -2.95. The highest BCUT2D eigenvalue weighted by Crippen LogP contribution is 2.23. The van der Waals surface area contributed by atoms with Gasteiger partial charge in [-0.25, -0.2) is 0 Å². The maximum atomic E-state index is 12.0. The fourth-order valence-corrected chi connectivity index (χ4v) is 3.39. The van der Waals surface area contributed by atoms with E-state index in [1.807, 2.05) is 12.3 Å². The number of halogens is 1. The molecule has 0 saturated carbocycles. The Morgan fingerprint density at radius 2 is 1.42 bits per heavy atom. The lowest BCUT2D eigenvalue weighted by Gasteiger charge is -2.14. The molecule has 31 heavy (non-hydrogen) atoms. The number of carbonyl (C=O) groups excluding carboxylic acids is 2. The minimum atomic E-state index is -1.06. The summed E-state index contributed by atoms with van der Waals surface area (Å²) < 4.78 is 11.2.